The zero-order valence-electron chi connectivity index (χ0n) is 6.31. The van der Waals surface area contributed by atoms with Crippen LogP contribution < -0.4 is 0 Å². The van der Waals surface area contributed by atoms with E-state index in [9.17, 15) is 13.2 Å². The second-order valence-electron chi connectivity index (χ2n) is 2.56. The quantitative estimate of drug-likeness (QED) is 0.529. The molecule has 0 N–H and O–H groups in total. The molecule has 1 heterocycles. The van der Waals surface area contributed by atoms with E-state index < -0.39 is 12.2 Å². The van der Waals surface area contributed by atoms with Crippen LogP contribution in [0.5, 0.6) is 0 Å². The number of nitrogens with zero attached hydrogens (tertiary/aromatic N) is 2. The van der Waals surface area contributed by atoms with E-state index in [1.54, 1.807) is 6.92 Å². The van der Waals surface area contributed by atoms with Crippen molar-refractivity contribution in [3.8, 4) is 0 Å². The highest BCUT2D eigenvalue weighted by Crippen LogP contribution is 2.27. The first-order valence-electron chi connectivity index (χ1n) is 3.23. The van der Waals surface area contributed by atoms with Crippen LogP contribution in [0.4, 0.5) is 13.2 Å². The molecule has 5 heteroatoms. The fourth-order valence-corrected chi connectivity index (χ4v) is 1.00. The summed E-state index contributed by atoms with van der Waals surface area (Å²) >= 11 is 0. The van der Waals surface area contributed by atoms with Crippen LogP contribution in [0.3, 0.4) is 0 Å². The SMILES string of the molecule is CC1=NCC(C(F)(F)F)N1C. The minimum Gasteiger partial charge on any atom is -0.350 e. The Balaban J connectivity index is 2.68. The Morgan fingerprint density at radius 3 is 2.27 bits per heavy atom. The number of hydrogen-bond acceptors (Lipinski definition) is 2. The fraction of sp³-hybridized carbons (Fsp3) is 0.833. The van der Waals surface area contributed by atoms with Crippen LogP contribution >= 0.6 is 0 Å². The van der Waals surface area contributed by atoms with Crippen molar-refractivity contribution in [1.82, 2.24) is 4.90 Å². The van der Waals surface area contributed by atoms with Gasteiger partial charge in [-0.15, -0.1) is 0 Å². The van der Waals surface area contributed by atoms with Crippen molar-refractivity contribution in [1.29, 1.82) is 0 Å². The molecule has 0 radical (unpaired) electrons. The van der Waals surface area contributed by atoms with E-state index in [0.29, 0.717) is 5.84 Å². The summed E-state index contributed by atoms with van der Waals surface area (Å²) in [6.07, 6.45) is -4.16. The minimum atomic E-state index is -4.16. The van der Waals surface area contributed by atoms with Gasteiger partial charge in [0, 0.05) is 7.05 Å². The Kier molecular flexibility index (Phi) is 1.82. The monoisotopic (exact) mass is 166 g/mol. The van der Waals surface area contributed by atoms with Gasteiger partial charge in [-0.2, -0.15) is 13.2 Å². The molecule has 0 aromatic carbocycles. The molecule has 1 rings (SSSR count). The van der Waals surface area contributed by atoms with Gasteiger partial charge in [0.25, 0.3) is 0 Å². The van der Waals surface area contributed by atoms with Crippen molar-refractivity contribution in [2.24, 2.45) is 4.99 Å². The lowest BCUT2D eigenvalue weighted by Gasteiger charge is -2.23. The largest absolute Gasteiger partial charge is 0.410 e. The molecule has 0 aromatic rings. The van der Waals surface area contributed by atoms with Crippen molar-refractivity contribution >= 4 is 5.84 Å². The second-order valence-corrected chi connectivity index (χ2v) is 2.56. The van der Waals surface area contributed by atoms with Crippen LogP contribution in [0.15, 0.2) is 4.99 Å². The third-order valence-electron chi connectivity index (χ3n) is 1.85. The molecule has 0 aromatic heterocycles. The van der Waals surface area contributed by atoms with Crippen molar-refractivity contribution in [2.45, 2.75) is 19.1 Å². The van der Waals surface area contributed by atoms with Crippen LogP contribution in [0, 0.1) is 0 Å². The molecule has 1 atom stereocenters. The topological polar surface area (TPSA) is 15.6 Å². The van der Waals surface area contributed by atoms with Gasteiger partial charge in [-0.3, -0.25) is 4.99 Å². The lowest BCUT2D eigenvalue weighted by molar-refractivity contribution is -0.165. The molecule has 2 nitrogen and oxygen atoms in total. The average molecular weight is 166 g/mol. The van der Waals surface area contributed by atoms with Gasteiger partial charge in [-0.05, 0) is 6.92 Å². The Labute approximate surface area is 62.7 Å². The number of hydrogen-bond donors (Lipinski definition) is 0. The van der Waals surface area contributed by atoms with E-state index in [-0.39, 0.29) is 6.54 Å². The first kappa shape index (κ1) is 8.36. The zero-order chi connectivity index (χ0) is 8.65. The molecule has 0 amide bonds. The maximum absolute atomic E-state index is 12.1. The zero-order valence-corrected chi connectivity index (χ0v) is 6.31. The Morgan fingerprint density at radius 1 is 1.55 bits per heavy atom. The summed E-state index contributed by atoms with van der Waals surface area (Å²) in [6.45, 7) is 1.41. The predicted octanol–water partition coefficient (Wildman–Crippen LogP) is 1.28. The number of aliphatic imine (C=N–C) groups is 1. The van der Waals surface area contributed by atoms with Crippen molar-refractivity contribution in [3.05, 3.63) is 0 Å². The third-order valence-corrected chi connectivity index (χ3v) is 1.85. The highest BCUT2D eigenvalue weighted by atomic mass is 19.4. The summed E-state index contributed by atoms with van der Waals surface area (Å²) in [5.74, 6) is 0.451. The van der Waals surface area contributed by atoms with E-state index in [1.165, 1.54) is 7.05 Å². The number of alkyl halides is 3. The second kappa shape index (κ2) is 2.39. The van der Waals surface area contributed by atoms with E-state index in [1.807, 2.05) is 0 Å². The van der Waals surface area contributed by atoms with Crippen LogP contribution in [-0.4, -0.2) is 36.5 Å². The molecule has 1 aliphatic heterocycles. The minimum absolute atomic E-state index is 0.161. The number of rotatable bonds is 0. The normalized spacial score (nSPS) is 25.7. The highest BCUT2D eigenvalue weighted by molar-refractivity contribution is 5.81. The molecule has 1 unspecified atom stereocenters. The van der Waals surface area contributed by atoms with Gasteiger partial charge in [0.05, 0.1) is 12.4 Å². The first-order chi connectivity index (χ1) is 4.93. The van der Waals surface area contributed by atoms with Crippen molar-refractivity contribution < 1.29 is 13.2 Å². The van der Waals surface area contributed by atoms with Gasteiger partial charge in [0.1, 0.15) is 6.04 Å². The number of amidine groups is 1. The van der Waals surface area contributed by atoms with Crippen molar-refractivity contribution in [3.63, 3.8) is 0 Å². The molecule has 64 valence electrons. The Bertz CT molecular complexity index is 185. The average Bonchev–Trinajstić information content (AvgIpc) is 2.11. The Hall–Kier alpha value is -0.740. The molecular formula is C6H9F3N2. The molecule has 0 fully saturated rings. The molecule has 0 bridgehead atoms. The summed E-state index contributed by atoms with van der Waals surface area (Å²) in [5.41, 5.74) is 0. The summed E-state index contributed by atoms with van der Waals surface area (Å²) in [6, 6.07) is -1.41. The van der Waals surface area contributed by atoms with Gasteiger partial charge in [-0.25, -0.2) is 0 Å². The highest BCUT2D eigenvalue weighted by Gasteiger charge is 2.44. The van der Waals surface area contributed by atoms with Gasteiger partial charge in [-0.1, -0.05) is 0 Å². The Morgan fingerprint density at radius 2 is 2.09 bits per heavy atom. The molecular weight excluding hydrogens is 157 g/mol. The van der Waals surface area contributed by atoms with Gasteiger partial charge >= 0.3 is 6.18 Å². The number of halogens is 3. The molecule has 0 saturated heterocycles. The lowest BCUT2D eigenvalue weighted by atomic mass is 10.3. The van der Waals surface area contributed by atoms with Crippen LogP contribution in [0.2, 0.25) is 0 Å². The fourth-order valence-electron chi connectivity index (χ4n) is 1.00. The van der Waals surface area contributed by atoms with E-state index in [2.05, 4.69) is 4.99 Å². The molecule has 0 aliphatic carbocycles. The summed E-state index contributed by atoms with van der Waals surface area (Å²) in [4.78, 5) is 4.84. The van der Waals surface area contributed by atoms with Gasteiger partial charge in [0.2, 0.25) is 0 Å². The number of likely N-dealkylation sites (N-methyl/N-ethyl adjacent to an activating group) is 1. The van der Waals surface area contributed by atoms with Crippen LogP contribution in [-0.2, 0) is 0 Å². The van der Waals surface area contributed by atoms with Gasteiger partial charge < -0.3 is 4.90 Å². The smallest absolute Gasteiger partial charge is 0.350 e. The maximum atomic E-state index is 12.1. The molecule has 1 aliphatic rings. The maximum Gasteiger partial charge on any atom is 0.410 e. The van der Waals surface area contributed by atoms with Crippen LogP contribution in [0.1, 0.15) is 6.92 Å². The molecule has 0 saturated carbocycles. The first-order valence-corrected chi connectivity index (χ1v) is 3.23. The summed E-state index contributed by atoms with van der Waals surface area (Å²) < 4.78 is 36.2. The van der Waals surface area contributed by atoms with Gasteiger partial charge in [0.15, 0.2) is 0 Å². The predicted molar refractivity (Wildman–Crippen MR) is 35.6 cm³/mol. The van der Waals surface area contributed by atoms with Crippen LogP contribution in [0.25, 0.3) is 0 Å². The summed E-state index contributed by atoms with van der Waals surface area (Å²) in [5, 5.41) is 0. The van der Waals surface area contributed by atoms with E-state index in [0.717, 1.165) is 4.90 Å². The lowest BCUT2D eigenvalue weighted by Crippen LogP contribution is -2.43. The standard InChI is InChI=1S/C6H9F3N2/c1-4-10-3-5(11(4)2)6(7,8)9/h5H,3H2,1-2H3. The molecule has 0 spiro atoms. The molecule has 11 heavy (non-hydrogen) atoms. The summed E-state index contributed by atoms with van der Waals surface area (Å²) in [7, 11) is 1.41. The van der Waals surface area contributed by atoms with E-state index >= 15 is 0 Å². The third kappa shape index (κ3) is 1.46. The van der Waals surface area contributed by atoms with E-state index in [4.69, 9.17) is 0 Å². The van der Waals surface area contributed by atoms with Crippen molar-refractivity contribution in [2.75, 3.05) is 13.6 Å².